The third-order valence-electron chi connectivity index (χ3n) is 2.55. The maximum atomic E-state index is 11.4. The van der Waals surface area contributed by atoms with Gasteiger partial charge in [-0.2, -0.15) is 0 Å². The van der Waals surface area contributed by atoms with Crippen molar-refractivity contribution in [3.63, 3.8) is 0 Å². The highest BCUT2D eigenvalue weighted by molar-refractivity contribution is 5.88. The topological polar surface area (TPSA) is 52.6 Å². The minimum absolute atomic E-state index is 0.343. The van der Waals surface area contributed by atoms with Gasteiger partial charge in [0.15, 0.2) is 6.10 Å². The van der Waals surface area contributed by atoms with Gasteiger partial charge in [0.05, 0.1) is 0 Å². The van der Waals surface area contributed by atoms with Gasteiger partial charge in [-0.1, -0.05) is 25.3 Å². The highest BCUT2D eigenvalue weighted by atomic mass is 16.5. The maximum absolute atomic E-state index is 11.4. The molecule has 4 nitrogen and oxygen atoms in total. The van der Waals surface area contributed by atoms with E-state index in [4.69, 9.17) is 9.47 Å². The van der Waals surface area contributed by atoms with E-state index in [2.05, 4.69) is 13.2 Å². The normalized spacial score (nSPS) is 10.1. The van der Waals surface area contributed by atoms with Gasteiger partial charge in [0, 0.05) is 17.6 Å². The first-order valence-corrected chi connectivity index (χ1v) is 6.46. The number of esters is 2. The summed E-state index contributed by atoms with van der Waals surface area (Å²) in [6.07, 6.45) is 1.07. The van der Waals surface area contributed by atoms with Crippen LogP contribution in [0.2, 0.25) is 0 Å². The molecule has 1 aromatic rings. The molecule has 21 heavy (non-hydrogen) atoms. The lowest BCUT2D eigenvalue weighted by Crippen LogP contribution is -2.11. The van der Waals surface area contributed by atoms with Crippen molar-refractivity contribution in [3.8, 4) is 5.75 Å². The Morgan fingerprint density at radius 1 is 0.952 bits per heavy atom. The zero-order valence-electron chi connectivity index (χ0n) is 12.6. The van der Waals surface area contributed by atoms with Crippen molar-refractivity contribution in [2.24, 2.45) is 0 Å². The first-order chi connectivity index (χ1) is 9.79. The molecule has 0 fully saturated rings. The Labute approximate surface area is 125 Å². The molecule has 1 rings (SSSR count). The van der Waals surface area contributed by atoms with Crippen LogP contribution >= 0.6 is 0 Å². The molecule has 0 aromatic heterocycles. The van der Waals surface area contributed by atoms with Crippen molar-refractivity contribution in [3.05, 3.63) is 60.2 Å². The van der Waals surface area contributed by atoms with Crippen LogP contribution < -0.4 is 4.74 Å². The Kier molecular flexibility index (Phi) is 5.91. The second kappa shape index (κ2) is 7.43. The van der Waals surface area contributed by atoms with Gasteiger partial charge in [0.2, 0.25) is 0 Å². The number of benzene rings is 1. The molecule has 0 atom stereocenters. The fourth-order valence-electron chi connectivity index (χ4n) is 1.44. The zero-order valence-corrected chi connectivity index (χ0v) is 12.6. The molecule has 0 heterocycles. The molecule has 0 bridgehead atoms. The molecular weight excluding hydrogens is 268 g/mol. The third-order valence-corrected chi connectivity index (χ3v) is 2.55. The smallest absolute Gasteiger partial charge is 0.338 e. The standard InChI is InChI=1S/C17H19O4/c1-11(2)16(18)20-13(5)10-14-6-8-15(9-7-14)21-17(19)12(3)4/h6-9H,1,3,10H2,2,4-5H3. The lowest BCUT2D eigenvalue weighted by atomic mass is 10.1. The van der Waals surface area contributed by atoms with Gasteiger partial charge < -0.3 is 9.47 Å². The summed E-state index contributed by atoms with van der Waals surface area (Å²) in [5, 5.41) is 0. The molecule has 111 valence electrons. The Bertz CT molecular complexity index is 555. The van der Waals surface area contributed by atoms with Gasteiger partial charge in [-0.15, -0.1) is 0 Å². The number of hydrogen-bond acceptors (Lipinski definition) is 4. The molecule has 0 aliphatic rings. The van der Waals surface area contributed by atoms with E-state index in [-0.39, 0.29) is 0 Å². The molecule has 4 heteroatoms. The summed E-state index contributed by atoms with van der Waals surface area (Å²) in [5.41, 5.74) is 1.64. The van der Waals surface area contributed by atoms with E-state index in [1.165, 1.54) is 0 Å². The van der Waals surface area contributed by atoms with Crippen molar-refractivity contribution in [2.75, 3.05) is 0 Å². The summed E-state index contributed by atoms with van der Waals surface area (Å²) in [4.78, 5) is 22.7. The molecule has 0 saturated carbocycles. The number of rotatable bonds is 6. The first kappa shape index (κ1) is 16.7. The van der Waals surface area contributed by atoms with E-state index in [0.29, 0.717) is 29.4 Å². The average molecular weight is 287 g/mol. The molecule has 0 saturated heterocycles. The van der Waals surface area contributed by atoms with Crippen LogP contribution in [0, 0.1) is 6.10 Å². The number of ether oxygens (including phenoxy) is 2. The number of carbonyl (C=O) groups excluding carboxylic acids is 2. The van der Waals surface area contributed by atoms with E-state index in [9.17, 15) is 9.59 Å². The third kappa shape index (κ3) is 5.65. The summed E-state index contributed by atoms with van der Waals surface area (Å²) in [5.74, 6) is -0.441. The minimum atomic E-state index is -0.458. The fourth-order valence-corrected chi connectivity index (χ4v) is 1.44. The van der Waals surface area contributed by atoms with Crippen LogP contribution in [0.3, 0.4) is 0 Å². The lowest BCUT2D eigenvalue weighted by Gasteiger charge is -2.12. The summed E-state index contributed by atoms with van der Waals surface area (Å²) in [6, 6.07) is 6.98. The highest BCUT2D eigenvalue weighted by Crippen LogP contribution is 2.18. The Hall–Kier alpha value is -2.36. The first-order valence-electron chi connectivity index (χ1n) is 6.46. The molecule has 0 spiro atoms. The van der Waals surface area contributed by atoms with Gasteiger partial charge in [-0.25, -0.2) is 9.59 Å². The monoisotopic (exact) mass is 287 g/mol. The van der Waals surface area contributed by atoms with Crippen LogP contribution in [0.1, 0.15) is 26.3 Å². The predicted octanol–water partition coefficient (Wildman–Crippen LogP) is 3.38. The van der Waals surface area contributed by atoms with E-state index < -0.39 is 11.9 Å². The van der Waals surface area contributed by atoms with Crippen LogP contribution in [0.5, 0.6) is 5.75 Å². The van der Waals surface area contributed by atoms with Gasteiger partial charge in [-0.05, 0) is 38.5 Å². The molecule has 0 unspecified atom stereocenters. The Balaban J connectivity index is 2.58. The second-order valence-electron chi connectivity index (χ2n) is 4.86. The largest absolute Gasteiger partial charge is 0.451 e. The molecule has 1 radical (unpaired) electrons. The van der Waals surface area contributed by atoms with Crippen LogP contribution in [-0.2, 0) is 20.7 Å². The van der Waals surface area contributed by atoms with Crippen molar-refractivity contribution in [2.45, 2.75) is 27.2 Å². The van der Waals surface area contributed by atoms with Gasteiger partial charge >= 0.3 is 11.9 Å². The highest BCUT2D eigenvalue weighted by Gasteiger charge is 2.12. The fraction of sp³-hybridized carbons (Fsp3) is 0.235. The quantitative estimate of drug-likeness (QED) is 0.457. The van der Waals surface area contributed by atoms with E-state index in [1.54, 1.807) is 45.0 Å². The minimum Gasteiger partial charge on any atom is -0.451 e. The molecule has 1 aromatic carbocycles. The zero-order chi connectivity index (χ0) is 16.0. The number of carbonyl (C=O) groups is 2. The number of hydrogen-bond donors (Lipinski definition) is 0. The van der Waals surface area contributed by atoms with E-state index in [1.807, 2.05) is 0 Å². The summed E-state index contributed by atoms with van der Waals surface area (Å²) >= 11 is 0. The second-order valence-corrected chi connectivity index (χ2v) is 4.86. The van der Waals surface area contributed by atoms with Crippen LogP contribution in [0.25, 0.3) is 0 Å². The average Bonchev–Trinajstić information content (AvgIpc) is 2.40. The predicted molar refractivity (Wildman–Crippen MR) is 80.4 cm³/mol. The maximum Gasteiger partial charge on any atom is 0.338 e. The van der Waals surface area contributed by atoms with Crippen molar-refractivity contribution >= 4 is 11.9 Å². The molecular formula is C17H19O4. The van der Waals surface area contributed by atoms with Crippen molar-refractivity contribution < 1.29 is 19.1 Å². The van der Waals surface area contributed by atoms with Crippen LogP contribution in [-0.4, -0.2) is 11.9 Å². The Morgan fingerprint density at radius 2 is 1.48 bits per heavy atom. The van der Waals surface area contributed by atoms with Crippen molar-refractivity contribution in [1.82, 2.24) is 0 Å². The van der Waals surface area contributed by atoms with Gasteiger partial charge in [0.25, 0.3) is 0 Å². The summed E-state index contributed by atoms with van der Waals surface area (Å²) < 4.78 is 10.2. The molecule has 0 aliphatic carbocycles. The Morgan fingerprint density at radius 3 is 1.95 bits per heavy atom. The molecule has 0 N–H and O–H groups in total. The summed E-state index contributed by atoms with van der Waals surface area (Å²) in [7, 11) is 0. The van der Waals surface area contributed by atoms with Crippen molar-refractivity contribution in [1.29, 1.82) is 0 Å². The SMILES string of the molecule is C=C(C)C(=O)O[C](C)Cc1ccc(OC(=O)C(=C)C)cc1. The van der Waals surface area contributed by atoms with Gasteiger partial charge in [-0.3, -0.25) is 0 Å². The van der Waals surface area contributed by atoms with E-state index >= 15 is 0 Å². The molecule has 0 amide bonds. The molecule has 0 aliphatic heterocycles. The van der Waals surface area contributed by atoms with Crippen LogP contribution in [0.15, 0.2) is 48.6 Å². The van der Waals surface area contributed by atoms with Gasteiger partial charge in [0.1, 0.15) is 5.75 Å². The lowest BCUT2D eigenvalue weighted by molar-refractivity contribution is -0.138. The van der Waals surface area contributed by atoms with Crippen LogP contribution in [0.4, 0.5) is 0 Å². The van der Waals surface area contributed by atoms with E-state index in [0.717, 1.165) is 5.56 Å². The summed E-state index contributed by atoms with van der Waals surface area (Å²) in [6.45, 7) is 12.0.